The number of Topliss-reactive ketones (excluding diaryl/α,β-unsaturated/α-hetero) is 1. The molecular weight excluding hydrogens is 406 g/mol. The molecule has 0 bridgehead atoms. The van der Waals surface area contributed by atoms with Gasteiger partial charge in [0.1, 0.15) is 5.75 Å². The van der Waals surface area contributed by atoms with Crippen LogP contribution in [0.2, 0.25) is 0 Å². The van der Waals surface area contributed by atoms with E-state index >= 15 is 0 Å². The van der Waals surface area contributed by atoms with Crippen LogP contribution < -0.4 is 20.3 Å². The van der Waals surface area contributed by atoms with Gasteiger partial charge in [0.2, 0.25) is 0 Å². The number of ether oxygens (including phenoxy) is 1. The number of ketones is 1. The third-order valence-corrected chi connectivity index (χ3v) is 5.56. The third-order valence-electron chi connectivity index (χ3n) is 4.30. The summed E-state index contributed by atoms with van der Waals surface area (Å²) in [5.74, 6) is -0.208. The lowest BCUT2D eigenvalue weighted by atomic mass is 10.0. The molecule has 1 aliphatic heterocycles. The van der Waals surface area contributed by atoms with Crippen LogP contribution in [0.1, 0.15) is 16.8 Å². The first-order valence-corrected chi connectivity index (χ1v) is 10.5. The molecule has 9 heteroatoms. The lowest BCUT2D eigenvalue weighted by Gasteiger charge is -2.11. The number of nitrogens with one attached hydrogen (secondary N) is 3. The summed E-state index contributed by atoms with van der Waals surface area (Å²) in [7, 11) is -2.47. The van der Waals surface area contributed by atoms with Gasteiger partial charge in [0.25, 0.3) is 10.0 Å². The molecular formula is C21H20N3O5S+. The van der Waals surface area contributed by atoms with E-state index in [0.29, 0.717) is 11.3 Å². The van der Waals surface area contributed by atoms with Gasteiger partial charge in [-0.1, -0.05) is 30.3 Å². The van der Waals surface area contributed by atoms with Crippen LogP contribution in [0.3, 0.4) is 0 Å². The maximum absolute atomic E-state index is 12.3. The molecule has 2 aromatic rings. The Morgan fingerprint density at radius 1 is 1.10 bits per heavy atom. The van der Waals surface area contributed by atoms with E-state index in [1.165, 1.54) is 43.7 Å². The highest BCUT2D eigenvalue weighted by molar-refractivity contribution is 7.89. The number of dihydropyridines is 1. The van der Waals surface area contributed by atoms with Crippen molar-refractivity contribution in [3.05, 3.63) is 84.1 Å². The fourth-order valence-corrected chi connectivity index (χ4v) is 3.49. The van der Waals surface area contributed by atoms with Crippen LogP contribution in [0.5, 0.6) is 5.75 Å². The van der Waals surface area contributed by atoms with Crippen LogP contribution >= 0.6 is 0 Å². The van der Waals surface area contributed by atoms with E-state index < -0.39 is 15.9 Å². The van der Waals surface area contributed by atoms with Gasteiger partial charge in [-0.25, -0.2) is 13.2 Å². The second-order valence-electron chi connectivity index (χ2n) is 6.36. The lowest BCUT2D eigenvalue weighted by Crippen LogP contribution is -2.43. The molecule has 0 aromatic heterocycles. The minimum absolute atomic E-state index is 0.0269. The molecule has 1 atom stereocenters. The fourth-order valence-electron chi connectivity index (χ4n) is 2.65. The molecule has 0 spiro atoms. The molecule has 1 aliphatic rings. The summed E-state index contributed by atoms with van der Waals surface area (Å²) in [6, 6.07) is 14.2. The molecule has 3 rings (SSSR count). The van der Waals surface area contributed by atoms with Crippen molar-refractivity contribution < 1.29 is 22.7 Å². The third kappa shape index (κ3) is 5.30. The van der Waals surface area contributed by atoms with E-state index in [-0.39, 0.29) is 28.7 Å². The van der Waals surface area contributed by atoms with Gasteiger partial charge in [0, 0.05) is 5.56 Å². The number of carbonyl (C=O) groups is 2. The molecule has 0 radical (unpaired) electrons. The van der Waals surface area contributed by atoms with Crippen molar-refractivity contribution in [1.82, 2.24) is 15.6 Å². The Morgan fingerprint density at radius 2 is 1.80 bits per heavy atom. The van der Waals surface area contributed by atoms with Gasteiger partial charge in [-0.15, -0.1) is 4.83 Å². The smallest absolute Gasteiger partial charge is 0.351 e. The maximum Gasteiger partial charge on any atom is 0.351 e. The van der Waals surface area contributed by atoms with Crippen LogP contribution in [0.4, 0.5) is 0 Å². The van der Waals surface area contributed by atoms with Crippen LogP contribution in [0.15, 0.2) is 77.3 Å². The lowest BCUT2D eigenvalue weighted by molar-refractivity contribution is -0.117. The highest BCUT2D eigenvalue weighted by Crippen LogP contribution is 2.15. The van der Waals surface area contributed by atoms with E-state index in [4.69, 9.17) is 4.74 Å². The molecule has 154 valence electrons. The summed E-state index contributed by atoms with van der Waals surface area (Å²) >= 11 is 0. The minimum atomic E-state index is -3.94. The first-order chi connectivity index (χ1) is 14.4. The Bertz CT molecular complexity index is 1080. The second kappa shape index (κ2) is 9.32. The molecule has 0 fully saturated rings. The zero-order valence-electron chi connectivity index (χ0n) is 16.1. The van der Waals surface area contributed by atoms with Crippen molar-refractivity contribution in [1.29, 1.82) is 0 Å². The molecule has 30 heavy (non-hydrogen) atoms. The first kappa shape index (κ1) is 21.2. The van der Waals surface area contributed by atoms with Gasteiger partial charge in [-0.2, -0.15) is 0 Å². The summed E-state index contributed by atoms with van der Waals surface area (Å²) in [4.78, 5) is 26.5. The van der Waals surface area contributed by atoms with Crippen molar-refractivity contribution >= 4 is 21.7 Å². The van der Waals surface area contributed by atoms with Crippen molar-refractivity contribution in [2.45, 2.75) is 17.4 Å². The van der Waals surface area contributed by atoms with E-state index in [2.05, 4.69) is 16.8 Å². The number of carbonyl (C=O) groups excluding carboxylic acids is 2. The van der Waals surface area contributed by atoms with Gasteiger partial charge in [0.15, 0.2) is 23.5 Å². The predicted molar refractivity (Wildman–Crippen MR) is 110 cm³/mol. The molecule has 1 unspecified atom stereocenters. The SMILES string of the molecule is COc1ccc(S(=O)(=O)NNC(=O)C2=CNC(CC(=O)c3ccccc3)[C+]=C2)cc1. The quantitative estimate of drug-likeness (QED) is 0.335. The largest absolute Gasteiger partial charge is 0.497 e. The monoisotopic (exact) mass is 426 g/mol. The number of rotatable bonds is 8. The summed E-state index contributed by atoms with van der Waals surface area (Å²) in [6.45, 7) is 0. The number of amides is 1. The van der Waals surface area contributed by atoms with E-state index in [1.807, 2.05) is 10.9 Å². The van der Waals surface area contributed by atoms with Crippen molar-refractivity contribution in [3.8, 4) is 5.75 Å². The molecule has 1 heterocycles. The number of sulfonamides is 1. The first-order valence-electron chi connectivity index (χ1n) is 8.99. The number of hydrazine groups is 1. The summed E-state index contributed by atoms with van der Waals surface area (Å²) in [6.07, 6.45) is 5.92. The topological polar surface area (TPSA) is 114 Å². The van der Waals surface area contributed by atoms with Gasteiger partial charge >= 0.3 is 5.91 Å². The van der Waals surface area contributed by atoms with Crippen molar-refractivity contribution in [3.63, 3.8) is 0 Å². The van der Waals surface area contributed by atoms with Crippen LogP contribution in [-0.2, 0) is 14.8 Å². The number of hydrogen-bond donors (Lipinski definition) is 3. The average Bonchev–Trinajstić information content (AvgIpc) is 2.78. The van der Waals surface area contributed by atoms with E-state index in [0.717, 1.165) is 0 Å². The highest BCUT2D eigenvalue weighted by atomic mass is 32.2. The summed E-state index contributed by atoms with van der Waals surface area (Å²) in [5.41, 5.74) is 2.91. The number of methoxy groups -OCH3 is 1. The predicted octanol–water partition coefficient (Wildman–Crippen LogP) is 1.49. The van der Waals surface area contributed by atoms with Crippen LogP contribution in [0, 0.1) is 6.08 Å². The van der Waals surface area contributed by atoms with Gasteiger partial charge < -0.3 is 10.1 Å². The van der Waals surface area contributed by atoms with Crippen molar-refractivity contribution in [2.24, 2.45) is 0 Å². The molecule has 8 nitrogen and oxygen atoms in total. The van der Waals surface area contributed by atoms with E-state index in [9.17, 15) is 18.0 Å². The van der Waals surface area contributed by atoms with Crippen molar-refractivity contribution in [2.75, 3.05) is 7.11 Å². The Balaban J connectivity index is 1.53. The standard InChI is InChI=1S/C21H19N3O5S/c1-29-18-9-11-19(12-10-18)30(27,28)24-23-21(26)16-7-8-17(22-14-16)13-20(25)15-5-3-2-4-6-15/h2-7,9-12,14,17,24H,13H2,1H3,(H-,22,23,26)/p+1. The maximum atomic E-state index is 12.3. The second-order valence-corrected chi connectivity index (χ2v) is 8.04. The zero-order valence-corrected chi connectivity index (χ0v) is 16.9. The Hall–Kier alpha value is -3.52. The molecule has 0 saturated heterocycles. The van der Waals surface area contributed by atoms with Crippen LogP contribution in [-0.4, -0.2) is 33.3 Å². The molecule has 0 aliphatic carbocycles. The fraction of sp³-hybridized carbons (Fsp3) is 0.143. The number of benzene rings is 2. The molecule has 3 N–H and O–H groups in total. The minimum Gasteiger partial charge on any atom is -0.497 e. The normalized spacial score (nSPS) is 15.4. The average molecular weight is 426 g/mol. The van der Waals surface area contributed by atoms with Gasteiger partial charge in [-0.3, -0.25) is 10.2 Å². The molecule has 1 amide bonds. The van der Waals surface area contributed by atoms with Gasteiger partial charge in [0.05, 0.1) is 30.7 Å². The zero-order chi connectivity index (χ0) is 21.6. The summed E-state index contributed by atoms with van der Waals surface area (Å²) in [5, 5.41) is 2.92. The van der Waals surface area contributed by atoms with E-state index in [1.54, 1.807) is 24.3 Å². The molecule has 2 aromatic carbocycles. The van der Waals surface area contributed by atoms with Gasteiger partial charge in [-0.05, 0) is 24.3 Å². The number of hydrogen-bond acceptors (Lipinski definition) is 6. The molecule has 0 saturated carbocycles. The Morgan fingerprint density at radius 3 is 2.40 bits per heavy atom. The summed E-state index contributed by atoms with van der Waals surface area (Å²) < 4.78 is 29.5. The highest BCUT2D eigenvalue weighted by Gasteiger charge is 2.26. The Labute approximate surface area is 174 Å². The van der Waals surface area contributed by atoms with Crippen LogP contribution in [0.25, 0.3) is 0 Å². The Kier molecular flexibility index (Phi) is 6.58.